The van der Waals surface area contributed by atoms with E-state index in [-0.39, 0.29) is 56.8 Å². The van der Waals surface area contributed by atoms with E-state index in [1.807, 2.05) is 0 Å². The molecular weight excluding hydrogens is 182 g/mol. The van der Waals surface area contributed by atoms with Crippen molar-refractivity contribution in [2.45, 2.75) is 0 Å². The van der Waals surface area contributed by atoms with Gasteiger partial charge in [-0.05, 0) is 0 Å². The third-order valence-corrected chi connectivity index (χ3v) is 0. The molecule has 0 aromatic heterocycles. The van der Waals surface area contributed by atoms with Gasteiger partial charge in [-0.25, -0.2) is 0 Å². The van der Waals surface area contributed by atoms with Gasteiger partial charge in [-0.1, -0.05) is 0 Å². The van der Waals surface area contributed by atoms with E-state index in [1.54, 1.807) is 0 Å². The van der Waals surface area contributed by atoms with Crippen LogP contribution in [-0.4, -0.2) is 0 Å². The molecule has 0 aliphatic carbocycles. The van der Waals surface area contributed by atoms with E-state index in [0.717, 1.165) is 0 Å². The molecule has 4 heteroatoms. The van der Waals surface area contributed by atoms with Gasteiger partial charge in [-0.2, -0.15) is 0 Å². The van der Waals surface area contributed by atoms with Crippen LogP contribution in [0.2, 0.25) is 0 Å². The van der Waals surface area contributed by atoms with Crippen LogP contribution in [0.1, 0.15) is 0 Å². The predicted molar refractivity (Wildman–Crippen MR) is 0.686 cm³/mol. The van der Waals surface area contributed by atoms with E-state index < -0.39 is 0 Å². The van der Waals surface area contributed by atoms with E-state index in [9.17, 15) is 0 Å². The minimum atomic E-state index is 0. The average Bonchev–Trinajstić information content (AvgIpc) is 0. The Balaban J connectivity index is 0. The summed E-state index contributed by atoms with van der Waals surface area (Å²) in [6.07, 6.45) is 0. The molecule has 0 aromatic carbocycles. The maximum absolute atomic E-state index is 0. The number of hydrogen-bond acceptors (Lipinski definition) is 0. The van der Waals surface area contributed by atoms with E-state index in [1.165, 1.54) is 0 Å². The van der Waals surface area contributed by atoms with Gasteiger partial charge < -0.3 is 17.9 Å². The van der Waals surface area contributed by atoms with Gasteiger partial charge in [0.2, 0.25) is 0 Å². The van der Waals surface area contributed by atoms with Gasteiger partial charge in [0, 0.05) is 0 Å². The van der Waals surface area contributed by atoms with Crippen molar-refractivity contribution >= 4 is 0 Å². The third-order valence-electron chi connectivity index (χ3n) is 0. The Bertz CT molecular complexity index is 6.00. The molecule has 0 spiro atoms. The van der Waals surface area contributed by atoms with Crippen LogP contribution in [0.4, 0.5) is 0 Å². The zero-order valence-electron chi connectivity index (χ0n) is 2.20. The molecule has 0 unspecified atom stereocenters. The maximum Gasteiger partial charge on any atom is 2.00 e. The minimum Gasteiger partial charge on any atom is -2.00 e. The zero-order chi connectivity index (χ0) is 0. The smallest absolute Gasteiger partial charge is 2.00 e. The van der Waals surface area contributed by atoms with Crippen LogP contribution in [0.15, 0.2) is 0 Å². The van der Waals surface area contributed by atoms with Gasteiger partial charge in [0.05, 0.1) is 0 Å². The SMILES string of the molecule is [Cl-].[O-2].[Zn+2].[Zn+2]. The maximum atomic E-state index is 0. The summed E-state index contributed by atoms with van der Waals surface area (Å²) in [7, 11) is 0. The normalized spacial score (nSPS) is 0. The molecule has 1 nitrogen and oxygen atoms in total. The van der Waals surface area contributed by atoms with Crippen molar-refractivity contribution in [3.63, 3.8) is 0 Å². The summed E-state index contributed by atoms with van der Waals surface area (Å²) in [4.78, 5) is 0. The quantitative estimate of drug-likeness (QED) is 0.355. The van der Waals surface area contributed by atoms with Gasteiger partial charge >= 0.3 is 39.0 Å². The van der Waals surface area contributed by atoms with Crippen molar-refractivity contribution in [3.05, 3.63) is 0 Å². The first-order valence-corrected chi connectivity index (χ1v) is 0. The summed E-state index contributed by atoms with van der Waals surface area (Å²) in [6, 6.07) is 0. The summed E-state index contributed by atoms with van der Waals surface area (Å²) in [5, 5.41) is 0. The fraction of sp³-hybridized carbons (Fsp3) is 0. The summed E-state index contributed by atoms with van der Waals surface area (Å²) < 4.78 is 0. The first-order chi connectivity index (χ1) is 0. The average molecular weight is 182 g/mol. The summed E-state index contributed by atoms with van der Waals surface area (Å²) in [5.41, 5.74) is 0. The summed E-state index contributed by atoms with van der Waals surface area (Å²) >= 11 is 0. The van der Waals surface area contributed by atoms with E-state index >= 15 is 0 Å². The van der Waals surface area contributed by atoms with Gasteiger partial charge in [-0.3, -0.25) is 0 Å². The molecule has 0 atom stereocenters. The molecule has 0 rings (SSSR count). The molecule has 0 saturated heterocycles. The summed E-state index contributed by atoms with van der Waals surface area (Å²) in [5.74, 6) is 0. The molecule has 0 N–H and O–H groups in total. The van der Waals surface area contributed by atoms with Crippen LogP contribution in [0.3, 0.4) is 0 Å². The number of hydrogen-bond donors (Lipinski definition) is 0. The van der Waals surface area contributed by atoms with Crippen LogP contribution in [-0.2, 0) is 44.4 Å². The monoisotopic (exact) mass is 179 g/mol. The Morgan fingerprint density at radius 3 is 0.750 bits per heavy atom. The first-order valence-electron chi connectivity index (χ1n) is 0. The van der Waals surface area contributed by atoms with Gasteiger partial charge in [0.25, 0.3) is 0 Å². The van der Waals surface area contributed by atoms with E-state index in [4.69, 9.17) is 0 Å². The van der Waals surface area contributed by atoms with Crippen molar-refractivity contribution in [3.8, 4) is 0 Å². The number of rotatable bonds is 0. The zero-order valence-corrected chi connectivity index (χ0v) is 8.89. The van der Waals surface area contributed by atoms with Gasteiger partial charge in [0.15, 0.2) is 0 Å². The van der Waals surface area contributed by atoms with Crippen LogP contribution in [0, 0.1) is 0 Å². The molecule has 0 heterocycles. The van der Waals surface area contributed by atoms with Gasteiger partial charge in [-0.15, -0.1) is 0 Å². The molecule has 4 heavy (non-hydrogen) atoms. The van der Waals surface area contributed by atoms with Crippen LogP contribution in [0.25, 0.3) is 0 Å². The van der Waals surface area contributed by atoms with Crippen molar-refractivity contribution < 1.29 is 56.8 Å². The van der Waals surface area contributed by atoms with Gasteiger partial charge in [0.1, 0.15) is 0 Å². The second-order valence-electron chi connectivity index (χ2n) is 0. The molecule has 0 saturated carbocycles. The Morgan fingerprint density at radius 1 is 0.750 bits per heavy atom. The molecule has 16 valence electrons. The molecule has 0 aliphatic rings. The van der Waals surface area contributed by atoms with Crippen molar-refractivity contribution in [2.75, 3.05) is 0 Å². The van der Waals surface area contributed by atoms with Crippen LogP contribution in [0.5, 0.6) is 0 Å². The second-order valence-corrected chi connectivity index (χ2v) is 0. The van der Waals surface area contributed by atoms with Crippen molar-refractivity contribution in [2.24, 2.45) is 0 Å². The predicted octanol–water partition coefficient (Wildman–Crippen LogP) is -3.12. The standard InChI is InChI=1S/ClH.O.2Zn/h1H;;;/q;-2;2*+2/p-1. The number of halogens is 1. The molecular formula is ClOZn2+. The fourth-order valence-corrected chi connectivity index (χ4v) is 0. The largest absolute Gasteiger partial charge is 2.00 e. The third kappa shape index (κ3) is 9.73. The Hall–Kier alpha value is 1.50. The molecule has 0 fully saturated rings. The Labute approximate surface area is 56.8 Å². The minimum absolute atomic E-state index is 0. The van der Waals surface area contributed by atoms with E-state index in [2.05, 4.69) is 0 Å². The Morgan fingerprint density at radius 2 is 0.750 bits per heavy atom. The molecule has 0 bridgehead atoms. The molecule has 0 radical (unpaired) electrons. The Kier molecular flexibility index (Phi) is 304. The summed E-state index contributed by atoms with van der Waals surface area (Å²) in [6.45, 7) is 0. The second kappa shape index (κ2) is 24.5. The van der Waals surface area contributed by atoms with Crippen molar-refractivity contribution in [1.82, 2.24) is 0 Å². The molecule has 0 amide bonds. The van der Waals surface area contributed by atoms with Crippen LogP contribution < -0.4 is 12.4 Å². The topological polar surface area (TPSA) is 28.5 Å². The van der Waals surface area contributed by atoms with E-state index in [0.29, 0.717) is 0 Å². The fourth-order valence-electron chi connectivity index (χ4n) is 0. The molecule has 0 aliphatic heterocycles. The van der Waals surface area contributed by atoms with Crippen LogP contribution >= 0.6 is 0 Å². The first kappa shape index (κ1) is 49.6. The van der Waals surface area contributed by atoms with Crippen molar-refractivity contribution in [1.29, 1.82) is 0 Å². The molecule has 0 aromatic rings.